The minimum Gasteiger partial charge on any atom is -0.480 e. The molecule has 0 amide bonds. The highest BCUT2D eigenvalue weighted by Gasteiger charge is 2.24. The predicted octanol–water partition coefficient (Wildman–Crippen LogP) is 0.958. The van der Waals surface area contributed by atoms with E-state index in [1.54, 1.807) is 0 Å². The Kier molecular flexibility index (Phi) is 2.02. The maximum absolute atomic E-state index is 10.9. The van der Waals surface area contributed by atoms with Crippen molar-refractivity contribution in [3.8, 4) is 0 Å². The molecule has 0 unspecified atom stereocenters. The molecule has 2 rings (SSSR count). The van der Waals surface area contributed by atoms with E-state index in [1.165, 1.54) is 0 Å². The van der Waals surface area contributed by atoms with E-state index in [0.717, 1.165) is 24.1 Å². The Bertz CT molecular complexity index is 335. The lowest BCUT2D eigenvalue weighted by molar-refractivity contribution is -0.139. The van der Waals surface area contributed by atoms with Crippen molar-refractivity contribution in [3.05, 3.63) is 35.4 Å². The second-order valence-electron chi connectivity index (χ2n) is 3.17. The number of fused-ring (bicyclic) bond motifs is 1. The molecular weight excluding hydrogens is 166 g/mol. The number of nitrogens with one attached hydrogen (secondary N) is 1. The smallest absolute Gasteiger partial charge is 0.325 e. The van der Waals surface area contributed by atoms with E-state index in [4.69, 9.17) is 5.11 Å². The Balaban J connectivity index is 2.42. The van der Waals surface area contributed by atoms with E-state index < -0.39 is 12.0 Å². The van der Waals surface area contributed by atoms with Crippen LogP contribution in [0.4, 0.5) is 0 Å². The van der Waals surface area contributed by atoms with Crippen LogP contribution in [0.1, 0.15) is 17.2 Å². The normalized spacial score (nSPS) is 20.8. The third-order valence-corrected chi connectivity index (χ3v) is 2.36. The number of carboxylic acid groups (broad SMARTS) is 1. The van der Waals surface area contributed by atoms with Crippen LogP contribution >= 0.6 is 0 Å². The zero-order valence-electron chi connectivity index (χ0n) is 7.16. The van der Waals surface area contributed by atoms with Crippen LogP contribution in [0, 0.1) is 0 Å². The van der Waals surface area contributed by atoms with Crippen LogP contribution in [0.2, 0.25) is 0 Å². The summed E-state index contributed by atoms with van der Waals surface area (Å²) in [5.74, 6) is -0.799. The zero-order valence-corrected chi connectivity index (χ0v) is 7.16. The van der Waals surface area contributed by atoms with Gasteiger partial charge in [-0.3, -0.25) is 4.79 Å². The van der Waals surface area contributed by atoms with E-state index in [-0.39, 0.29) is 0 Å². The summed E-state index contributed by atoms with van der Waals surface area (Å²) in [5.41, 5.74) is 2.05. The van der Waals surface area contributed by atoms with Crippen LogP contribution in [0.3, 0.4) is 0 Å². The summed E-state index contributed by atoms with van der Waals surface area (Å²) in [5, 5.41) is 11.9. The lowest BCUT2D eigenvalue weighted by Gasteiger charge is -2.23. The van der Waals surface area contributed by atoms with Gasteiger partial charge >= 0.3 is 5.97 Å². The van der Waals surface area contributed by atoms with Gasteiger partial charge in [-0.2, -0.15) is 0 Å². The summed E-state index contributed by atoms with van der Waals surface area (Å²) in [6.45, 7) is 0.744. The van der Waals surface area contributed by atoms with Gasteiger partial charge in [0.1, 0.15) is 6.04 Å². The molecule has 1 aliphatic rings. The quantitative estimate of drug-likeness (QED) is 0.671. The molecule has 0 radical (unpaired) electrons. The largest absolute Gasteiger partial charge is 0.480 e. The van der Waals surface area contributed by atoms with Crippen molar-refractivity contribution in [2.45, 2.75) is 12.5 Å². The summed E-state index contributed by atoms with van der Waals surface area (Å²) in [6, 6.07) is 7.17. The minimum atomic E-state index is -0.799. The molecule has 1 aromatic carbocycles. The standard InChI is InChI=1S/C10H11NO2/c12-10(13)9-8-4-2-1-3-7(8)5-6-11-9/h1-4,9,11H,5-6H2,(H,12,13)/t9-/m0/s1. The molecule has 3 heteroatoms. The van der Waals surface area contributed by atoms with Gasteiger partial charge in [-0.05, 0) is 17.5 Å². The zero-order chi connectivity index (χ0) is 9.26. The molecule has 13 heavy (non-hydrogen) atoms. The molecule has 68 valence electrons. The van der Waals surface area contributed by atoms with E-state index in [0.29, 0.717) is 0 Å². The van der Waals surface area contributed by atoms with Crippen LogP contribution in [-0.4, -0.2) is 17.6 Å². The number of hydrogen-bond acceptors (Lipinski definition) is 2. The summed E-state index contributed by atoms with van der Waals surface area (Å²) in [7, 11) is 0. The maximum atomic E-state index is 10.9. The molecule has 3 nitrogen and oxygen atoms in total. The van der Waals surface area contributed by atoms with E-state index in [2.05, 4.69) is 5.32 Å². The average Bonchev–Trinajstić information content (AvgIpc) is 2.17. The topological polar surface area (TPSA) is 49.3 Å². The van der Waals surface area contributed by atoms with Crippen molar-refractivity contribution in [1.29, 1.82) is 0 Å². The first kappa shape index (κ1) is 8.26. The van der Waals surface area contributed by atoms with Gasteiger partial charge in [-0.25, -0.2) is 0 Å². The molecule has 2 N–H and O–H groups in total. The van der Waals surface area contributed by atoms with Crippen molar-refractivity contribution in [1.82, 2.24) is 5.32 Å². The van der Waals surface area contributed by atoms with Gasteiger partial charge in [0, 0.05) is 6.54 Å². The van der Waals surface area contributed by atoms with Crippen molar-refractivity contribution in [2.75, 3.05) is 6.54 Å². The molecule has 0 aromatic heterocycles. The summed E-state index contributed by atoms with van der Waals surface area (Å²) in [6.07, 6.45) is 0.917. The van der Waals surface area contributed by atoms with Crippen LogP contribution in [0.25, 0.3) is 0 Å². The van der Waals surface area contributed by atoms with Gasteiger partial charge in [0.15, 0.2) is 0 Å². The van der Waals surface area contributed by atoms with E-state index >= 15 is 0 Å². The molecule has 0 saturated carbocycles. The summed E-state index contributed by atoms with van der Waals surface area (Å²) < 4.78 is 0. The van der Waals surface area contributed by atoms with Crippen LogP contribution in [0.5, 0.6) is 0 Å². The van der Waals surface area contributed by atoms with E-state index in [1.807, 2.05) is 24.3 Å². The highest BCUT2D eigenvalue weighted by molar-refractivity contribution is 5.76. The second-order valence-corrected chi connectivity index (χ2v) is 3.17. The highest BCUT2D eigenvalue weighted by Crippen LogP contribution is 2.22. The van der Waals surface area contributed by atoms with E-state index in [9.17, 15) is 4.79 Å². The van der Waals surface area contributed by atoms with Crippen LogP contribution in [0.15, 0.2) is 24.3 Å². The van der Waals surface area contributed by atoms with Gasteiger partial charge in [-0.15, -0.1) is 0 Å². The third kappa shape index (κ3) is 1.42. The molecule has 1 heterocycles. The number of carboxylic acids is 1. The first-order valence-electron chi connectivity index (χ1n) is 4.33. The van der Waals surface area contributed by atoms with Gasteiger partial charge < -0.3 is 10.4 Å². The first-order valence-corrected chi connectivity index (χ1v) is 4.33. The molecule has 1 aromatic rings. The molecule has 0 bridgehead atoms. The molecule has 1 aliphatic heterocycles. The fourth-order valence-corrected chi connectivity index (χ4v) is 1.72. The molecule has 1 atom stereocenters. The van der Waals surface area contributed by atoms with Crippen molar-refractivity contribution in [2.24, 2.45) is 0 Å². The summed E-state index contributed by atoms with van der Waals surface area (Å²) in [4.78, 5) is 10.9. The Morgan fingerprint density at radius 2 is 2.23 bits per heavy atom. The Labute approximate surface area is 76.4 Å². The third-order valence-electron chi connectivity index (χ3n) is 2.36. The van der Waals surface area contributed by atoms with Gasteiger partial charge in [-0.1, -0.05) is 24.3 Å². The Morgan fingerprint density at radius 3 is 3.00 bits per heavy atom. The predicted molar refractivity (Wildman–Crippen MR) is 48.5 cm³/mol. The number of aliphatic carboxylic acids is 1. The monoisotopic (exact) mass is 177 g/mol. The van der Waals surface area contributed by atoms with Crippen molar-refractivity contribution >= 4 is 5.97 Å². The lowest BCUT2D eigenvalue weighted by Crippen LogP contribution is -2.34. The fraction of sp³-hybridized carbons (Fsp3) is 0.300. The number of rotatable bonds is 1. The van der Waals surface area contributed by atoms with Crippen LogP contribution in [-0.2, 0) is 11.2 Å². The summed E-state index contributed by atoms with van der Waals surface area (Å²) >= 11 is 0. The first-order chi connectivity index (χ1) is 6.29. The number of benzene rings is 1. The maximum Gasteiger partial charge on any atom is 0.325 e. The van der Waals surface area contributed by atoms with Gasteiger partial charge in [0.05, 0.1) is 0 Å². The second kappa shape index (κ2) is 3.18. The number of carbonyl (C=O) groups is 1. The molecule has 0 fully saturated rings. The molecule has 0 aliphatic carbocycles. The minimum absolute atomic E-state index is 0.523. The van der Waals surface area contributed by atoms with Crippen LogP contribution < -0.4 is 5.32 Å². The number of hydrogen-bond donors (Lipinski definition) is 2. The fourth-order valence-electron chi connectivity index (χ4n) is 1.72. The SMILES string of the molecule is O=C(O)[C@H]1NCCc2ccccc21. The van der Waals surface area contributed by atoms with Crippen molar-refractivity contribution < 1.29 is 9.90 Å². The molecular formula is C10H11NO2. The molecule has 0 saturated heterocycles. The Hall–Kier alpha value is -1.35. The van der Waals surface area contributed by atoms with Gasteiger partial charge in [0.2, 0.25) is 0 Å². The van der Waals surface area contributed by atoms with Crippen molar-refractivity contribution in [3.63, 3.8) is 0 Å². The average molecular weight is 177 g/mol. The lowest BCUT2D eigenvalue weighted by atomic mass is 9.95. The Morgan fingerprint density at radius 1 is 1.46 bits per heavy atom. The molecule has 0 spiro atoms. The van der Waals surface area contributed by atoms with Gasteiger partial charge in [0.25, 0.3) is 0 Å². The highest BCUT2D eigenvalue weighted by atomic mass is 16.4.